The van der Waals surface area contributed by atoms with Crippen molar-refractivity contribution in [3.63, 3.8) is 0 Å². The number of hydrogen-bond acceptors (Lipinski definition) is 5. The fourth-order valence-electron chi connectivity index (χ4n) is 9.35. The van der Waals surface area contributed by atoms with E-state index >= 15 is 0 Å². The molecule has 0 bridgehead atoms. The van der Waals surface area contributed by atoms with Crippen LogP contribution >= 0.6 is 11.8 Å². The predicted octanol–water partition coefficient (Wildman–Crippen LogP) is 16.1. The van der Waals surface area contributed by atoms with Crippen LogP contribution in [0, 0.1) is 0 Å². The number of carbonyl (C=O) groups excluding carboxylic acids is 2. The molecule has 0 aromatic heterocycles. The highest BCUT2D eigenvalue weighted by Crippen LogP contribution is 2.32. The summed E-state index contributed by atoms with van der Waals surface area (Å²) in [6.07, 6.45) is 40.4. The van der Waals surface area contributed by atoms with E-state index in [1.54, 1.807) is 36.4 Å². The second-order valence-corrected chi connectivity index (χ2v) is 22.6. The van der Waals surface area contributed by atoms with Gasteiger partial charge in [0.1, 0.15) is 13.1 Å². The van der Waals surface area contributed by atoms with Crippen molar-refractivity contribution in [3.8, 4) is 0 Å². The minimum absolute atomic E-state index is 0.0284. The number of carboxylic acids is 2. The summed E-state index contributed by atoms with van der Waals surface area (Å²) < 4.78 is 2.23. The van der Waals surface area contributed by atoms with Crippen LogP contribution in [0.5, 0.6) is 0 Å². The number of rotatable bonds is 38. The molecule has 4 rings (SSSR count). The minimum atomic E-state index is -1.30. The van der Waals surface area contributed by atoms with E-state index in [2.05, 4.69) is 103 Å². The highest BCUT2D eigenvalue weighted by atomic mass is 32.2. The fourth-order valence-corrected chi connectivity index (χ4v) is 10.4. The van der Waals surface area contributed by atoms with E-state index in [0.717, 1.165) is 33.8 Å². The van der Waals surface area contributed by atoms with Gasteiger partial charge in [-0.15, -0.1) is 0 Å². The SMILES string of the molecule is CCCCCCCCCCCCCCCC[N+](C)(C)Cc1ccccc1.CCCCCCCCCCCCCCCC[N+](C)(C)Cc1ccccc1.O=C([O-])c1ccccc1Sc1ccccc1C(=O)[O-]. The normalized spacial score (nSPS) is 11.4. The summed E-state index contributed by atoms with van der Waals surface area (Å²) in [4.78, 5) is 22.8. The summed E-state index contributed by atoms with van der Waals surface area (Å²) in [5, 5.41) is 22.0. The summed E-state index contributed by atoms with van der Waals surface area (Å²) in [5.74, 6) is -2.59. The molecular weight excluding hydrogens is 893 g/mol. The van der Waals surface area contributed by atoms with Gasteiger partial charge in [-0.25, -0.2) is 0 Å². The Kier molecular flexibility index (Phi) is 36.1. The third kappa shape index (κ3) is 33.4. The monoisotopic (exact) mass is 993 g/mol. The first kappa shape index (κ1) is 63.2. The average Bonchev–Trinajstić information content (AvgIpc) is 3.35. The standard InChI is InChI=1S/2C25H46N.C14H10O4S/c2*1-4-5-6-7-8-9-10-11-12-13-14-15-16-20-23-26(2,3)24-25-21-18-17-19-22-25;15-13(16)9-5-1-3-7-11(9)19-12-8-4-2-6-10(12)14(17)18/h2*17-19,21-22H,4-16,20,23-24H2,1-3H3;1-8H,(H,15,16)(H,17,18)/q2*+1;/p-2. The van der Waals surface area contributed by atoms with E-state index in [1.807, 2.05) is 0 Å². The van der Waals surface area contributed by atoms with Gasteiger partial charge in [-0.2, -0.15) is 0 Å². The predicted molar refractivity (Wildman–Crippen MR) is 301 cm³/mol. The summed E-state index contributed by atoms with van der Waals surface area (Å²) in [6.45, 7) is 9.49. The molecule has 396 valence electrons. The van der Waals surface area contributed by atoms with Crippen LogP contribution in [0.4, 0.5) is 0 Å². The molecule has 4 aromatic carbocycles. The molecule has 0 aliphatic heterocycles. The largest absolute Gasteiger partial charge is 0.545 e. The number of unbranched alkanes of at least 4 members (excludes halogenated alkanes) is 26. The highest BCUT2D eigenvalue weighted by molar-refractivity contribution is 7.99. The van der Waals surface area contributed by atoms with Gasteiger partial charge in [0.2, 0.25) is 0 Å². The molecule has 7 heteroatoms. The smallest absolute Gasteiger partial charge is 0.104 e. The molecule has 0 aliphatic carbocycles. The third-order valence-electron chi connectivity index (χ3n) is 13.6. The fraction of sp³-hybridized carbons (Fsp3) is 0.594. The van der Waals surface area contributed by atoms with Gasteiger partial charge in [0.25, 0.3) is 0 Å². The number of carbonyl (C=O) groups is 2. The van der Waals surface area contributed by atoms with Crippen LogP contribution in [-0.4, -0.2) is 62.2 Å². The second-order valence-electron chi connectivity index (χ2n) is 21.5. The Hall–Kier alpha value is -3.91. The van der Waals surface area contributed by atoms with Crippen LogP contribution in [0.1, 0.15) is 225 Å². The van der Waals surface area contributed by atoms with Gasteiger partial charge in [-0.05, 0) is 37.8 Å². The van der Waals surface area contributed by atoms with E-state index in [1.165, 1.54) is 216 Å². The molecule has 0 heterocycles. The maximum atomic E-state index is 11.0. The van der Waals surface area contributed by atoms with E-state index < -0.39 is 11.9 Å². The molecule has 0 saturated carbocycles. The maximum Gasteiger partial charge on any atom is 0.104 e. The summed E-state index contributed by atoms with van der Waals surface area (Å²) in [6, 6.07) is 34.4. The Bertz CT molecular complexity index is 1760. The molecule has 0 radical (unpaired) electrons. The molecule has 0 aliphatic rings. The zero-order valence-electron chi connectivity index (χ0n) is 46.0. The van der Waals surface area contributed by atoms with Gasteiger partial charge in [0.05, 0.1) is 53.2 Å². The van der Waals surface area contributed by atoms with Crippen LogP contribution < -0.4 is 10.2 Å². The van der Waals surface area contributed by atoms with E-state index in [-0.39, 0.29) is 11.1 Å². The Morgan fingerprint density at radius 1 is 0.352 bits per heavy atom. The highest BCUT2D eigenvalue weighted by Gasteiger charge is 2.16. The topological polar surface area (TPSA) is 80.3 Å². The quantitative estimate of drug-likeness (QED) is 0.0330. The summed E-state index contributed by atoms with van der Waals surface area (Å²) >= 11 is 1.06. The van der Waals surface area contributed by atoms with Crippen LogP contribution in [0.15, 0.2) is 119 Å². The number of benzene rings is 4. The van der Waals surface area contributed by atoms with Crippen molar-refractivity contribution in [2.75, 3.05) is 41.3 Å². The number of nitrogens with zero attached hydrogens (tertiary/aromatic N) is 2. The van der Waals surface area contributed by atoms with Crippen molar-refractivity contribution < 1.29 is 28.8 Å². The van der Waals surface area contributed by atoms with Crippen LogP contribution in [0.3, 0.4) is 0 Å². The molecule has 0 unspecified atom stereocenters. The molecular formula is C64H100N2O4S. The van der Waals surface area contributed by atoms with Gasteiger partial charge < -0.3 is 28.8 Å². The average molecular weight is 994 g/mol. The number of aromatic carboxylic acids is 2. The number of hydrogen-bond donors (Lipinski definition) is 0. The zero-order chi connectivity index (χ0) is 51.7. The van der Waals surface area contributed by atoms with E-state index in [9.17, 15) is 19.8 Å². The van der Waals surface area contributed by atoms with Crippen molar-refractivity contribution in [1.82, 2.24) is 0 Å². The molecule has 0 saturated heterocycles. The Morgan fingerprint density at radius 2 is 0.592 bits per heavy atom. The van der Waals surface area contributed by atoms with Crippen molar-refractivity contribution >= 4 is 23.7 Å². The van der Waals surface area contributed by atoms with Crippen LogP contribution in [-0.2, 0) is 13.1 Å². The van der Waals surface area contributed by atoms with Crippen molar-refractivity contribution in [1.29, 1.82) is 0 Å². The zero-order valence-corrected chi connectivity index (χ0v) is 46.8. The lowest BCUT2D eigenvalue weighted by atomic mass is 10.0. The first-order valence-corrected chi connectivity index (χ1v) is 29.2. The minimum Gasteiger partial charge on any atom is -0.545 e. The molecule has 0 atom stereocenters. The van der Waals surface area contributed by atoms with Gasteiger partial charge in [-0.3, -0.25) is 0 Å². The lowest BCUT2D eigenvalue weighted by Gasteiger charge is -2.30. The molecule has 4 aromatic rings. The van der Waals surface area contributed by atoms with Crippen molar-refractivity contribution in [2.24, 2.45) is 0 Å². The van der Waals surface area contributed by atoms with Crippen LogP contribution in [0.2, 0.25) is 0 Å². The third-order valence-corrected chi connectivity index (χ3v) is 14.7. The summed E-state index contributed by atoms with van der Waals surface area (Å²) in [5.41, 5.74) is 2.98. The van der Waals surface area contributed by atoms with Crippen molar-refractivity contribution in [3.05, 3.63) is 131 Å². The molecule has 71 heavy (non-hydrogen) atoms. The van der Waals surface area contributed by atoms with Gasteiger partial charge in [0.15, 0.2) is 0 Å². The first-order valence-electron chi connectivity index (χ1n) is 28.4. The van der Waals surface area contributed by atoms with Crippen molar-refractivity contribution in [2.45, 2.75) is 217 Å². The van der Waals surface area contributed by atoms with Gasteiger partial charge >= 0.3 is 0 Å². The molecule has 0 N–H and O–H groups in total. The summed E-state index contributed by atoms with van der Waals surface area (Å²) in [7, 11) is 9.48. The van der Waals surface area contributed by atoms with Gasteiger partial charge in [-0.1, -0.05) is 277 Å². The Morgan fingerprint density at radius 3 is 0.859 bits per heavy atom. The lowest BCUT2D eigenvalue weighted by Crippen LogP contribution is -2.39. The van der Waals surface area contributed by atoms with Crippen LogP contribution in [0.25, 0.3) is 0 Å². The Balaban J connectivity index is 0.000000370. The molecule has 0 fully saturated rings. The molecule has 0 spiro atoms. The number of carboxylic acid groups (broad SMARTS) is 2. The lowest BCUT2D eigenvalue weighted by molar-refractivity contribution is -0.903. The maximum absolute atomic E-state index is 11.0. The molecule has 6 nitrogen and oxygen atoms in total. The first-order chi connectivity index (χ1) is 34.4. The van der Waals surface area contributed by atoms with Gasteiger partial charge in [0, 0.05) is 32.0 Å². The van der Waals surface area contributed by atoms with E-state index in [0.29, 0.717) is 9.79 Å². The Labute approximate surface area is 439 Å². The van der Waals surface area contributed by atoms with E-state index in [4.69, 9.17) is 0 Å². The number of quaternary nitrogens is 2. The molecule has 0 amide bonds. The second kappa shape index (κ2) is 40.6.